The van der Waals surface area contributed by atoms with Crippen molar-refractivity contribution in [3.8, 4) is 0 Å². The van der Waals surface area contributed by atoms with Gasteiger partial charge < -0.3 is 15.2 Å². The van der Waals surface area contributed by atoms with Gasteiger partial charge in [-0.05, 0) is 25.1 Å². The lowest BCUT2D eigenvalue weighted by Gasteiger charge is -2.02. The van der Waals surface area contributed by atoms with Crippen molar-refractivity contribution in [3.63, 3.8) is 0 Å². The van der Waals surface area contributed by atoms with Crippen LogP contribution in [0, 0.1) is 0 Å². The summed E-state index contributed by atoms with van der Waals surface area (Å²) in [4.78, 5) is 26.2. The van der Waals surface area contributed by atoms with Gasteiger partial charge in [-0.3, -0.25) is 0 Å². The van der Waals surface area contributed by atoms with E-state index in [9.17, 15) is 9.59 Å². The third-order valence-electron chi connectivity index (χ3n) is 2.04. The molecule has 0 aliphatic carbocycles. The fraction of sp³-hybridized carbons (Fsp3) is 0.250. The van der Waals surface area contributed by atoms with Gasteiger partial charge in [0.05, 0.1) is 13.7 Å². The molecule has 0 aliphatic rings. The van der Waals surface area contributed by atoms with Crippen molar-refractivity contribution < 1.29 is 19.1 Å². The van der Waals surface area contributed by atoms with Gasteiger partial charge in [0, 0.05) is 11.6 Å². The Morgan fingerprint density at radius 1 is 1.44 bits per heavy atom. The van der Waals surface area contributed by atoms with Gasteiger partial charge in [-0.25, -0.2) is 14.6 Å². The van der Waals surface area contributed by atoms with Crippen molar-refractivity contribution in [2.75, 3.05) is 19.5 Å². The maximum absolute atomic E-state index is 11.2. The van der Waals surface area contributed by atoms with E-state index >= 15 is 0 Å². The second kappa shape index (κ2) is 6.39. The molecule has 0 fully saturated rings. The maximum Gasteiger partial charge on any atom is 0.356 e. The standard InChI is InChI=1S/C12H14N2O4/c1-3-18-10(15)7-5-8-4-6-9(12(16)17-2)14-11(8)13/h4-7H,3H2,1-2H3,(H2,13,14)/b7-5+. The molecule has 18 heavy (non-hydrogen) atoms. The quantitative estimate of drug-likeness (QED) is 0.633. The van der Waals surface area contributed by atoms with Gasteiger partial charge in [0.1, 0.15) is 5.82 Å². The summed E-state index contributed by atoms with van der Waals surface area (Å²) < 4.78 is 9.23. The highest BCUT2D eigenvalue weighted by atomic mass is 16.5. The van der Waals surface area contributed by atoms with E-state index in [1.807, 2.05) is 0 Å². The molecular formula is C12H14N2O4. The predicted octanol–water partition coefficient (Wildman–Crippen LogP) is 1.03. The third-order valence-corrected chi connectivity index (χ3v) is 2.04. The Kier molecular flexibility index (Phi) is 4.86. The summed E-state index contributed by atoms with van der Waals surface area (Å²) in [6.07, 6.45) is 2.72. The molecule has 1 aromatic heterocycles. The number of hydrogen-bond acceptors (Lipinski definition) is 6. The van der Waals surface area contributed by atoms with Gasteiger partial charge in [0.15, 0.2) is 5.69 Å². The predicted molar refractivity (Wildman–Crippen MR) is 65.7 cm³/mol. The van der Waals surface area contributed by atoms with Crippen molar-refractivity contribution in [1.29, 1.82) is 0 Å². The normalized spacial score (nSPS) is 10.3. The zero-order chi connectivity index (χ0) is 13.5. The lowest BCUT2D eigenvalue weighted by Crippen LogP contribution is -2.07. The molecule has 1 aromatic rings. The minimum absolute atomic E-state index is 0.114. The lowest BCUT2D eigenvalue weighted by molar-refractivity contribution is -0.137. The zero-order valence-electron chi connectivity index (χ0n) is 10.2. The van der Waals surface area contributed by atoms with Crippen LogP contribution in [-0.4, -0.2) is 30.6 Å². The van der Waals surface area contributed by atoms with Crippen LogP contribution in [-0.2, 0) is 14.3 Å². The molecule has 0 spiro atoms. The summed E-state index contributed by atoms with van der Waals surface area (Å²) in [5.41, 5.74) is 6.29. The lowest BCUT2D eigenvalue weighted by atomic mass is 10.2. The van der Waals surface area contributed by atoms with Gasteiger partial charge in [-0.15, -0.1) is 0 Å². The molecule has 0 aromatic carbocycles. The van der Waals surface area contributed by atoms with E-state index in [2.05, 4.69) is 9.72 Å². The highest BCUT2D eigenvalue weighted by molar-refractivity contribution is 5.90. The smallest absolute Gasteiger partial charge is 0.356 e. The number of esters is 2. The number of nitrogen functional groups attached to an aromatic ring is 1. The number of ether oxygens (including phenoxy) is 2. The van der Waals surface area contributed by atoms with E-state index in [-0.39, 0.29) is 11.5 Å². The molecule has 0 unspecified atom stereocenters. The van der Waals surface area contributed by atoms with Gasteiger partial charge in [0.2, 0.25) is 0 Å². The number of carbonyl (C=O) groups excluding carboxylic acids is 2. The Hall–Kier alpha value is -2.37. The highest BCUT2D eigenvalue weighted by Crippen LogP contribution is 2.12. The fourth-order valence-electron chi connectivity index (χ4n) is 1.19. The molecule has 0 atom stereocenters. The van der Waals surface area contributed by atoms with E-state index in [0.29, 0.717) is 12.2 Å². The Bertz CT molecular complexity index is 483. The molecule has 0 saturated heterocycles. The molecule has 0 amide bonds. The van der Waals surface area contributed by atoms with Gasteiger partial charge in [-0.1, -0.05) is 0 Å². The summed E-state index contributed by atoms with van der Waals surface area (Å²) in [5.74, 6) is -0.894. The van der Waals surface area contributed by atoms with Crippen LogP contribution in [0.15, 0.2) is 18.2 Å². The minimum Gasteiger partial charge on any atom is -0.464 e. The first-order valence-corrected chi connectivity index (χ1v) is 5.28. The summed E-state index contributed by atoms with van der Waals surface area (Å²) in [7, 11) is 1.26. The van der Waals surface area contributed by atoms with Crippen LogP contribution >= 0.6 is 0 Å². The molecular weight excluding hydrogens is 236 g/mol. The number of pyridine rings is 1. The van der Waals surface area contributed by atoms with E-state index in [4.69, 9.17) is 10.5 Å². The number of anilines is 1. The number of methoxy groups -OCH3 is 1. The summed E-state index contributed by atoms with van der Waals surface area (Å²) in [5, 5.41) is 0. The zero-order valence-corrected chi connectivity index (χ0v) is 10.2. The average molecular weight is 250 g/mol. The van der Waals surface area contributed by atoms with Crippen LogP contribution in [0.3, 0.4) is 0 Å². The van der Waals surface area contributed by atoms with E-state index < -0.39 is 11.9 Å². The van der Waals surface area contributed by atoms with Crippen LogP contribution in [0.4, 0.5) is 5.82 Å². The largest absolute Gasteiger partial charge is 0.464 e. The third kappa shape index (κ3) is 3.58. The molecule has 1 rings (SSSR count). The minimum atomic E-state index is -0.567. The van der Waals surface area contributed by atoms with Crippen LogP contribution < -0.4 is 5.73 Å². The number of nitrogens with two attached hydrogens (primary N) is 1. The first-order valence-electron chi connectivity index (χ1n) is 5.28. The van der Waals surface area contributed by atoms with Crippen LogP contribution in [0.2, 0.25) is 0 Å². The molecule has 1 heterocycles. The second-order valence-electron chi connectivity index (χ2n) is 3.25. The molecule has 0 saturated carbocycles. The molecule has 0 aliphatic heterocycles. The summed E-state index contributed by atoms with van der Waals surface area (Å²) in [6, 6.07) is 3.04. The number of rotatable bonds is 4. The van der Waals surface area contributed by atoms with Crippen LogP contribution in [0.25, 0.3) is 6.08 Å². The van der Waals surface area contributed by atoms with Crippen molar-refractivity contribution in [1.82, 2.24) is 4.98 Å². The SMILES string of the molecule is CCOC(=O)/C=C/c1ccc(C(=O)OC)nc1N. The number of nitrogens with zero attached hydrogens (tertiary/aromatic N) is 1. The molecule has 2 N–H and O–H groups in total. The van der Waals surface area contributed by atoms with Crippen molar-refractivity contribution in [2.45, 2.75) is 6.92 Å². The van der Waals surface area contributed by atoms with Crippen molar-refractivity contribution in [3.05, 3.63) is 29.5 Å². The fourth-order valence-corrected chi connectivity index (χ4v) is 1.19. The first kappa shape index (κ1) is 13.7. The maximum atomic E-state index is 11.2. The van der Waals surface area contributed by atoms with Gasteiger partial charge in [-0.2, -0.15) is 0 Å². The molecule has 6 nitrogen and oxygen atoms in total. The number of aromatic nitrogens is 1. The second-order valence-corrected chi connectivity index (χ2v) is 3.25. The Labute approximate surface area is 104 Å². The van der Waals surface area contributed by atoms with E-state index in [0.717, 1.165) is 0 Å². The highest BCUT2D eigenvalue weighted by Gasteiger charge is 2.08. The molecule has 96 valence electrons. The molecule has 0 bridgehead atoms. The van der Waals surface area contributed by atoms with Gasteiger partial charge in [0.25, 0.3) is 0 Å². The van der Waals surface area contributed by atoms with Gasteiger partial charge >= 0.3 is 11.9 Å². The Balaban J connectivity index is 2.86. The first-order chi connectivity index (χ1) is 8.58. The van der Waals surface area contributed by atoms with Crippen LogP contribution in [0.5, 0.6) is 0 Å². The summed E-state index contributed by atoms with van der Waals surface area (Å²) >= 11 is 0. The number of carbonyl (C=O) groups is 2. The van der Waals surface area contributed by atoms with E-state index in [1.165, 1.54) is 25.3 Å². The molecule has 6 heteroatoms. The monoisotopic (exact) mass is 250 g/mol. The van der Waals surface area contributed by atoms with Crippen LogP contribution in [0.1, 0.15) is 23.0 Å². The Morgan fingerprint density at radius 2 is 2.17 bits per heavy atom. The number of hydrogen-bond donors (Lipinski definition) is 1. The Morgan fingerprint density at radius 3 is 2.72 bits per heavy atom. The average Bonchev–Trinajstić information content (AvgIpc) is 2.36. The topological polar surface area (TPSA) is 91.5 Å². The molecule has 0 radical (unpaired) electrons. The van der Waals surface area contributed by atoms with E-state index in [1.54, 1.807) is 13.0 Å². The van der Waals surface area contributed by atoms with Crippen molar-refractivity contribution in [2.24, 2.45) is 0 Å². The summed E-state index contributed by atoms with van der Waals surface area (Å²) in [6.45, 7) is 2.02. The van der Waals surface area contributed by atoms with Crippen molar-refractivity contribution >= 4 is 23.8 Å².